The summed E-state index contributed by atoms with van der Waals surface area (Å²) in [6.07, 6.45) is 7.32. The van der Waals surface area contributed by atoms with E-state index < -0.39 is 0 Å². The van der Waals surface area contributed by atoms with Crippen LogP contribution in [0.3, 0.4) is 0 Å². The number of thiazole rings is 1. The van der Waals surface area contributed by atoms with Crippen molar-refractivity contribution in [3.63, 3.8) is 0 Å². The van der Waals surface area contributed by atoms with Crippen LogP contribution in [0.5, 0.6) is 0 Å². The van der Waals surface area contributed by atoms with E-state index in [1.54, 1.807) is 0 Å². The van der Waals surface area contributed by atoms with Crippen molar-refractivity contribution in [1.82, 2.24) is 15.3 Å². The second-order valence-electron chi connectivity index (χ2n) is 4.57. The van der Waals surface area contributed by atoms with Crippen molar-refractivity contribution in [3.05, 3.63) is 35.1 Å². The van der Waals surface area contributed by atoms with E-state index in [9.17, 15) is 0 Å². The first-order valence-corrected chi connectivity index (χ1v) is 7.33. The third-order valence-electron chi connectivity index (χ3n) is 3.33. The molecule has 0 bridgehead atoms. The van der Waals surface area contributed by atoms with Crippen molar-refractivity contribution < 1.29 is 0 Å². The molecular formula is C14H17N3S. The van der Waals surface area contributed by atoms with Crippen molar-refractivity contribution in [1.29, 1.82) is 0 Å². The number of hydrogen-bond donors (Lipinski definition) is 1. The van der Waals surface area contributed by atoms with E-state index in [0.29, 0.717) is 6.04 Å². The van der Waals surface area contributed by atoms with E-state index in [-0.39, 0.29) is 0 Å². The minimum absolute atomic E-state index is 0.450. The average Bonchev–Trinajstić information content (AvgIpc) is 2.85. The number of nitrogens with zero attached hydrogens (tertiary/aromatic N) is 2. The highest BCUT2D eigenvalue weighted by Crippen LogP contribution is 2.36. The summed E-state index contributed by atoms with van der Waals surface area (Å²) in [7, 11) is 0. The molecule has 2 heterocycles. The zero-order valence-electron chi connectivity index (χ0n) is 10.5. The molecule has 0 aromatic carbocycles. The lowest BCUT2D eigenvalue weighted by Crippen LogP contribution is -2.24. The van der Waals surface area contributed by atoms with Gasteiger partial charge in [0.25, 0.3) is 0 Å². The maximum atomic E-state index is 4.85. The Morgan fingerprint density at radius 3 is 3.00 bits per heavy atom. The summed E-state index contributed by atoms with van der Waals surface area (Å²) in [6, 6.07) is 4.52. The predicted octanol–water partition coefficient (Wildman–Crippen LogP) is 3.19. The number of hydrogen-bond acceptors (Lipinski definition) is 4. The van der Waals surface area contributed by atoms with Crippen LogP contribution in [0.15, 0.2) is 24.5 Å². The van der Waals surface area contributed by atoms with Crippen LogP contribution in [-0.2, 0) is 6.42 Å². The van der Waals surface area contributed by atoms with Crippen LogP contribution >= 0.6 is 11.3 Å². The highest BCUT2D eigenvalue weighted by atomic mass is 32.1. The van der Waals surface area contributed by atoms with Gasteiger partial charge in [-0.15, -0.1) is 11.3 Å². The minimum atomic E-state index is 0.450. The molecular weight excluding hydrogens is 242 g/mol. The van der Waals surface area contributed by atoms with E-state index in [1.165, 1.54) is 35.4 Å². The molecule has 0 aliphatic heterocycles. The van der Waals surface area contributed by atoms with E-state index >= 15 is 0 Å². The van der Waals surface area contributed by atoms with Gasteiger partial charge >= 0.3 is 0 Å². The van der Waals surface area contributed by atoms with Crippen molar-refractivity contribution in [2.75, 3.05) is 6.54 Å². The molecule has 4 heteroatoms. The Morgan fingerprint density at radius 2 is 2.22 bits per heavy atom. The summed E-state index contributed by atoms with van der Waals surface area (Å²) in [6.45, 7) is 3.16. The number of aromatic nitrogens is 2. The van der Waals surface area contributed by atoms with Gasteiger partial charge in [0.15, 0.2) is 0 Å². The maximum Gasteiger partial charge on any atom is 0.124 e. The molecule has 1 N–H and O–H groups in total. The van der Waals surface area contributed by atoms with Crippen molar-refractivity contribution in [3.8, 4) is 10.6 Å². The molecule has 18 heavy (non-hydrogen) atoms. The standard InChI is InChI=1S/C14H17N3S/c1-2-16-11-4-3-5-12-13(11)17-14(18-12)10-6-8-15-9-7-10/h6-9,11,16H,2-5H2,1H3. The molecule has 1 atom stereocenters. The molecule has 0 spiro atoms. The second-order valence-corrected chi connectivity index (χ2v) is 5.65. The van der Waals surface area contributed by atoms with Crippen molar-refractivity contribution >= 4 is 11.3 Å². The monoisotopic (exact) mass is 259 g/mol. The van der Waals surface area contributed by atoms with Gasteiger partial charge in [0.05, 0.1) is 11.7 Å². The van der Waals surface area contributed by atoms with E-state index in [4.69, 9.17) is 4.98 Å². The smallest absolute Gasteiger partial charge is 0.124 e. The molecule has 0 amide bonds. The summed E-state index contributed by atoms with van der Waals surface area (Å²) in [5.41, 5.74) is 2.46. The van der Waals surface area contributed by atoms with Gasteiger partial charge in [-0.05, 0) is 37.9 Å². The zero-order valence-corrected chi connectivity index (χ0v) is 11.3. The lowest BCUT2D eigenvalue weighted by molar-refractivity contribution is 0.465. The number of pyridine rings is 1. The highest BCUT2D eigenvalue weighted by molar-refractivity contribution is 7.15. The van der Waals surface area contributed by atoms with E-state index in [2.05, 4.69) is 17.2 Å². The fourth-order valence-corrected chi connectivity index (χ4v) is 3.65. The average molecular weight is 259 g/mol. The molecule has 0 radical (unpaired) electrons. The van der Waals surface area contributed by atoms with Gasteiger partial charge in [0.1, 0.15) is 5.01 Å². The van der Waals surface area contributed by atoms with E-state index in [0.717, 1.165) is 11.6 Å². The first-order chi connectivity index (χ1) is 8.88. The summed E-state index contributed by atoms with van der Waals surface area (Å²) in [5, 5.41) is 4.67. The van der Waals surface area contributed by atoms with Gasteiger partial charge < -0.3 is 5.32 Å². The molecule has 0 saturated heterocycles. The Morgan fingerprint density at radius 1 is 1.39 bits per heavy atom. The summed E-state index contributed by atoms with van der Waals surface area (Å²) >= 11 is 1.84. The minimum Gasteiger partial charge on any atom is -0.309 e. The number of fused-ring (bicyclic) bond motifs is 1. The number of aryl methyl sites for hydroxylation is 1. The van der Waals surface area contributed by atoms with Crippen LogP contribution < -0.4 is 5.32 Å². The first-order valence-electron chi connectivity index (χ1n) is 6.52. The van der Waals surface area contributed by atoms with Gasteiger partial charge in [-0.3, -0.25) is 4.98 Å². The molecule has 1 aliphatic rings. The third kappa shape index (κ3) is 2.18. The normalized spacial score (nSPS) is 18.6. The topological polar surface area (TPSA) is 37.8 Å². The highest BCUT2D eigenvalue weighted by Gasteiger charge is 2.24. The molecule has 0 saturated carbocycles. The van der Waals surface area contributed by atoms with Gasteiger partial charge in [0, 0.05) is 22.8 Å². The van der Waals surface area contributed by atoms with Crippen LogP contribution in [0.25, 0.3) is 10.6 Å². The quantitative estimate of drug-likeness (QED) is 0.920. The van der Waals surface area contributed by atoms with Crippen LogP contribution in [0.1, 0.15) is 36.4 Å². The van der Waals surface area contributed by atoms with Crippen LogP contribution in [-0.4, -0.2) is 16.5 Å². The second kappa shape index (κ2) is 5.16. The molecule has 2 aromatic rings. The van der Waals surface area contributed by atoms with Gasteiger partial charge in [-0.25, -0.2) is 4.98 Å². The van der Waals surface area contributed by atoms with Gasteiger partial charge in [-0.2, -0.15) is 0 Å². The molecule has 3 nitrogen and oxygen atoms in total. The summed E-state index contributed by atoms with van der Waals surface area (Å²) < 4.78 is 0. The lowest BCUT2D eigenvalue weighted by atomic mass is 9.98. The fourth-order valence-electron chi connectivity index (χ4n) is 2.48. The SMILES string of the molecule is CCNC1CCCc2sc(-c3ccncc3)nc21. The molecule has 0 fully saturated rings. The third-order valence-corrected chi connectivity index (χ3v) is 4.51. The first kappa shape index (κ1) is 11.8. The maximum absolute atomic E-state index is 4.85. The summed E-state index contributed by atoms with van der Waals surface area (Å²) in [4.78, 5) is 10.4. The van der Waals surface area contributed by atoms with Gasteiger partial charge in [0.2, 0.25) is 0 Å². The van der Waals surface area contributed by atoms with Gasteiger partial charge in [-0.1, -0.05) is 6.92 Å². The van der Waals surface area contributed by atoms with Crippen LogP contribution in [0.4, 0.5) is 0 Å². The van der Waals surface area contributed by atoms with E-state index in [1.807, 2.05) is 35.9 Å². The zero-order chi connectivity index (χ0) is 12.4. The molecule has 1 unspecified atom stereocenters. The largest absolute Gasteiger partial charge is 0.309 e. The molecule has 94 valence electrons. The Kier molecular flexibility index (Phi) is 3.39. The molecule has 1 aliphatic carbocycles. The summed E-state index contributed by atoms with van der Waals surface area (Å²) in [5.74, 6) is 0. The fraction of sp³-hybridized carbons (Fsp3) is 0.429. The van der Waals surface area contributed by atoms with Crippen molar-refractivity contribution in [2.24, 2.45) is 0 Å². The Labute approximate surface area is 111 Å². The Bertz CT molecular complexity index is 521. The lowest BCUT2D eigenvalue weighted by Gasteiger charge is -2.21. The number of nitrogens with one attached hydrogen (secondary N) is 1. The predicted molar refractivity (Wildman–Crippen MR) is 74.7 cm³/mol. The Balaban J connectivity index is 1.96. The number of rotatable bonds is 3. The molecule has 3 rings (SSSR count). The molecule has 2 aromatic heterocycles. The Hall–Kier alpha value is -1.26. The van der Waals surface area contributed by atoms with Crippen LogP contribution in [0, 0.1) is 0 Å². The van der Waals surface area contributed by atoms with Crippen molar-refractivity contribution in [2.45, 2.75) is 32.2 Å². The van der Waals surface area contributed by atoms with Crippen LogP contribution in [0.2, 0.25) is 0 Å².